The van der Waals surface area contributed by atoms with Gasteiger partial charge in [0.1, 0.15) is 0 Å². The fourth-order valence-electron chi connectivity index (χ4n) is 1.85. The van der Waals surface area contributed by atoms with E-state index in [-0.39, 0.29) is 5.91 Å². The Morgan fingerprint density at radius 2 is 2.47 bits per heavy atom. The zero-order valence-corrected chi connectivity index (χ0v) is 9.22. The van der Waals surface area contributed by atoms with Crippen molar-refractivity contribution in [1.82, 2.24) is 10.6 Å². The number of nitrogens with one attached hydrogen (secondary N) is 2. The van der Waals surface area contributed by atoms with Gasteiger partial charge in [-0.05, 0) is 38.3 Å². The molecule has 2 N–H and O–H groups in total. The van der Waals surface area contributed by atoms with Gasteiger partial charge in [0.15, 0.2) is 0 Å². The van der Waals surface area contributed by atoms with Crippen LogP contribution in [0.2, 0.25) is 0 Å². The van der Waals surface area contributed by atoms with Gasteiger partial charge in [-0.15, -0.1) is 12.3 Å². The molecule has 1 fully saturated rings. The van der Waals surface area contributed by atoms with Gasteiger partial charge in [0.05, 0.1) is 0 Å². The molecule has 0 saturated carbocycles. The minimum Gasteiger partial charge on any atom is -0.356 e. The molecule has 1 aliphatic heterocycles. The number of amides is 1. The first-order valence-corrected chi connectivity index (χ1v) is 5.74. The van der Waals surface area contributed by atoms with Crippen molar-refractivity contribution in [3.8, 4) is 12.3 Å². The van der Waals surface area contributed by atoms with E-state index in [1.807, 2.05) is 0 Å². The highest BCUT2D eigenvalue weighted by atomic mass is 16.1. The zero-order valence-electron chi connectivity index (χ0n) is 9.22. The van der Waals surface area contributed by atoms with Crippen molar-refractivity contribution in [2.45, 2.75) is 32.1 Å². The zero-order chi connectivity index (χ0) is 10.9. The van der Waals surface area contributed by atoms with Crippen LogP contribution in [-0.2, 0) is 4.79 Å². The Hall–Kier alpha value is -1.01. The monoisotopic (exact) mass is 208 g/mol. The van der Waals surface area contributed by atoms with E-state index in [0.717, 1.165) is 25.9 Å². The third kappa shape index (κ3) is 5.44. The van der Waals surface area contributed by atoms with Crippen LogP contribution in [0.4, 0.5) is 0 Å². The Bertz CT molecular complexity index is 226. The lowest BCUT2D eigenvalue weighted by Gasteiger charge is -2.21. The molecule has 1 saturated heterocycles. The van der Waals surface area contributed by atoms with Crippen LogP contribution in [0.15, 0.2) is 0 Å². The van der Waals surface area contributed by atoms with Crippen molar-refractivity contribution in [1.29, 1.82) is 0 Å². The summed E-state index contributed by atoms with van der Waals surface area (Å²) in [6.07, 6.45) is 9.76. The van der Waals surface area contributed by atoms with Crippen molar-refractivity contribution in [2.75, 3.05) is 19.6 Å². The number of rotatable bonds is 5. The van der Waals surface area contributed by atoms with E-state index >= 15 is 0 Å². The summed E-state index contributed by atoms with van der Waals surface area (Å²) < 4.78 is 0. The van der Waals surface area contributed by atoms with Crippen LogP contribution in [0, 0.1) is 18.3 Å². The third-order valence-electron chi connectivity index (χ3n) is 2.69. The first kappa shape index (κ1) is 12.1. The molecule has 1 unspecified atom stereocenters. The Balaban J connectivity index is 2.04. The Labute approximate surface area is 92.0 Å². The predicted molar refractivity (Wildman–Crippen MR) is 61.3 cm³/mol. The molecule has 15 heavy (non-hydrogen) atoms. The van der Waals surface area contributed by atoms with Gasteiger partial charge < -0.3 is 10.6 Å². The molecule has 1 rings (SSSR count). The molecule has 0 bridgehead atoms. The van der Waals surface area contributed by atoms with Gasteiger partial charge in [-0.1, -0.05) is 0 Å². The lowest BCUT2D eigenvalue weighted by atomic mass is 9.96. The third-order valence-corrected chi connectivity index (χ3v) is 2.69. The number of unbranched alkanes of at least 4 members (excludes halogenated alkanes) is 1. The number of terminal acetylenes is 1. The molecule has 1 amide bonds. The molecule has 1 heterocycles. The summed E-state index contributed by atoms with van der Waals surface area (Å²) >= 11 is 0. The predicted octanol–water partition coefficient (Wildman–Crippen LogP) is 0.906. The molecule has 1 aliphatic rings. The fraction of sp³-hybridized carbons (Fsp3) is 0.750. The van der Waals surface area contributed by atoms with Gasteiger partial charge in [0, 0.05) is 19.4 Å². The van der Waals surface area contributed by atoms with E-state index < -0.39 is 0 Å². The minimum atomic E-state index is 0.167. The standard InChI is InChI=1S/C12H20N2O/c1-2-3-4-8-14-12(15)9-11-6-5-7-13-10-11/h1,11,13H,3-10H2,(H,14,15). The lowest BCUT2D eigenvalue weighted by molar-refractivity contribution is -0.122. The maximum Gasteiger partial charge on any atom is 0.220 e. The second-order valence-electron chi connectivity index (χ2n) is 4.07. The molecule has 1 atom stereocenters. The topological polar surface area (TPSA) is 41.1 Å². The Morgan fingerprint density at radius 1 is 1.60 bits per heavy atom. The van der Waals surface area contributed by atoms with Crippen molar-refractivity contribution in [2.24, 2.45) is 5.92 Å². The fourth-order valence-corrected chi connectivity index (χ4v) is 1.85. The average Bonchev–Trinajstić information content (AvgIpc) is 2.26. The molecule has 0 aromatic rings. The molecule has 0 spiro atoms. The van der Waals surface area contributed by atoms with E-state index in [2.05, 4.69) is 16.6 Å². The van der Waals surface area contributed by atoms with Gasteiger partial charge in [0.25, 0.3) is 0 Å². The largest absolute Gasteiger partial charge is 0.356 e. The molecular formula is C12H20N2O. The highest BCUT2D eigenvalue weighted by Crippen LogP contribution is 2.13. The summed E-state index contributed by atoms with van der Waals surface area (Å²) in [5.74, 6) is 3.25. The first-order valence-electron chi connectivity index (χ1n) is 5.74. The molecule has 3 heteroatoms. The van der Waals surface area contributed by atoms with Crippen molar-refractivity contribution < 1.29 is 4.79 Å². The van der Waals surface area contributed by atoms with E-state index in [1.54, 1.807) is 0 Å². The molecule has 84 valence electrons. The van der Waals surface area contributed by atoms with Gasteiger partial charge in [-0.2, -0.15) is 0 Å². The number of hydrogen-bond acceptors (Lipinski definition) is 2. The number of hydrogen-bond donors (Lipinski definition) is 2. The van der Waals surface area contributed by atoms with Crippen LogP contribution >= 0.6 is 0 Å². The highest BCUT2D eigenvalue weighted by Gasteiger charge is 2.15. The van der Waals surface area contributed by atoms with Gasteiger partial charge in [0.2, 0.25) is 5.91 Å². The maximum absolute atomic E-state index is 11.5. The number of piperidine rings is 1. The van der Waals surface area contributed by atoms with E-state index in [9.17, 15) is 4.79 Å². The van der Waals surface area contributed by atoms with Crippen LogP contribution in [0.1, 0.15) is 32.1 Å². The number of carbonyl (C=O) groups is 1. The molecule has 0 aromatic carbocycles. The smallest absolute Gasteiger partial charge is 0.220 e. The summed E-state index contributed by atoms with van der Waals surface area (Å²) in [5.41, 5.74) is 0. The van der Waals surface area contributed by atoms with Crippen LogP contribution in [0.5, 0.6) is 0 Å². The Morgan fingerprint density at radius 3 is 3.13 bits per heavy atom. The van der Waals surface area contributed by atoms with Gasteiger partial charge >= 0.3 is 0 Å². The molecule has 0 aliphatic carbocycles. The maximum atomic E-state index is 11.5. The molecule has 0 radical (unpaired) electrons. The van der Waals surface area contributed by atoms with Crippen LogP contribution in [0.25, 0.3) is 0 Å². The highest BCUT2D eigenvalue weighted by molar-refractivity contribution is 5.76. The average molecular weight is 208 g/mol. The van der Waals surface area contributed by atoms with Crippen LogP contribution in [-0.4, -0.2) is 25.5 Å². The minimum absolute atomic E-state index is 0.167. The van der Waals surface area contributed by atoms with E-state index in [0.29, 0.717) is 18.9 Å². The van der Waals surface area contributed by atoms with Gasteiger partial charge in [-0.3, -0.25) is 4.79 Å². The normalized spacial score (nSPS) is 20.6. The van der Waals surface area contributed by atoms with E-state index in [1.165, 1.54) is 12.8 Å². The lowest BCUT2D eigenvalue weighted by Crippen LogP contribution is -2.34. The van der Waals surface area contributed by atoms with Crippen molar-refractivity contribution in [3.63, 3.8) is 0 Å². The van der Waals surface area contributed by atoms with Crippen LogP contribution < -0.4 is 10.6 Å². The first-order chi connectivity index (χ1) is 7.33. The van der Waals surface area contributed by atoms with Crippen molar-refractivity contribution in [3.05, 3.63) is 0 Å². The summed E-state index contributed by atoms with van der Waals surface area (Å²) in [6.45, 7) is 2.79. The summed E-state index contributed by atoms with van der Waals surface area (Å²) in [5, 5.41) is 6.21. The summed E-state index contributed by atoms with van der Waals surface area (Å²) in [7, 11) is 0. The number of carbonyl (C=O) groups excluding carboxylic acids is 1. The quantitative estimate of drug-likeness (QED) is 0.521. The molecule has 3 nitrogen and oxygen atoms in total. The van der Waals surface area contributed by atoms with Crippen LogP contribution in [0.3, 0.4) is 0 Å². The summed E-state index contributed by atoms with van der Waals surface area (Å²) in [6, 6.07) is 0. The second-order valence-corrected chi connectivity index (χ2v) is 4.07. The second kappa shape index (κ2) is 7.30. The van der Waals surface area contributed by atoms with E-state index in [4.69, 9.17) is 6.42 Å². The Kier molecular flexibility index (Phi) is 5.87. The SMILES string of the molecule is C#CCCCNC(=O)CC1CCCNC1. The van der Waals surface area contributed by atoms with Crippen molar-refractivity contribution >= 4 is 5.91 Å². The molecule has 0 aromatic heterocycles. The molecular weight excluding hydrogens is 188 g/mol. The van der Waals surface area contributed by atoms with Gasteiger partial charge in [-0.25, -0.2) is 0 Å². The summed E-state index contributed by atoms with van der Waals surface area (Å²) in [4.78, 5) is 11.5.